The first kappa shape index (κ1) is 23.4. The lowest BCUT2D eigenvalue weighted by molar-refractivity contribution is 0.0697. The summed E-state index contributed by atoms with van der Waals surface area (Å²) in [5.41, 5.74) is 5.65. The number of carboxylic acids is 1. The molecule has 0 amide bonds. The average molecular weight is 411 g/mol. The van der Waals surface area contributed by atoms with Crippen molar-refractivity contribution >= 4 is 25.3 Å². The van der Waals surface area contributed by atoms with Gasteiger partial charge in [0.05, 0.1) is 5.56 Å². The van der Waals surface area contributed by atoms with Crippen molar-refractivity contribution in [2.45, 2.75) is 78.6 Å². The van der Waals surface area contributed by atoms with Crippen molar-refractivity contribution in [1.82, 2.24) is 0 Å². The Balaban J connectivity index is 2.69. The summed E-state index contributed by atoms with van der Waals surface area (Å²) in [5.74, 6) is 1.29. The maximum Gasteiger partial charge on any atom is 0.335 e. The Morgan fingerprint density at radius 3 is 1.59 bits per heavy atom. The number of carbonyl (C=O) groups is 1. The van der Waals surface area contributed by atoms with E-state index in [1.54, 1.807) is 12.1 Å². The second-order valence-corrected chi connectivity index (χ2v) is 11.8. The zero-order chi connectivity index (χ0) is 22.2. The lowest BCUT2D eigenvalue weighted by atomic mass is 9.75. The number of rotatable bonds is 3. The first-order valence-electron chi connectivity index (χ1n) is 10.2. The van der Waals surface area contributed by atoms with Crippen LogP contribution in [-0.2, 0) is 16.2 Å². The maximum atomic E-state index is 11.1. The van der Waals surface area contributed by atoms with Gasteiger partial charge >= 0.3 is 5.97 Å². The number of hydrogen-bond donors (Lipinski definition) is 1. The molecule has 156 valence electrons. The molecule has 29 heavy (non-hydrogen) atoms. The van der Waals surface area contributed by atoms with E-state index in [0.29, 0.717) is 5.56 Å². The minimum Gasteiger partial charge on any atom is -0.478 e. The third-order valence-electron chi connectivity index (χ3n) is 5.09. The van der Waals surface area contributed by atoms with Crippen LogP contribution in [0.1, 0.15) is 94.9 Å². The summed E-state index contributed by atoms with van der Waals surface area (Å²) in [4.78, 5) is 11.1. The SMILES string of the molecule is CC(C)(C)c1cc(C(C)(C)C)c(P=Cc2ccc(C(=O)O)cc2)c(C(C)(C)C)c1. The van der Waals surface area contributed by atoms with Crippen LogP contribution < -0.4 is 5.30 Å². The Labute approximate surface area is 178 Å². The Hall–Kier alpha value is -1.92. The van der Waals surface area contributed by atoms with Gasteiger partial charge in [-0.25, -0.2) is 4.79 Å². The molecule has 2 rings (SSSR count). The van der Waals surface area contributed by atoms with E-state index in [4.69, 9.17) is 5.11 Å². The maximum absolute atomic E-state index is 11.1. The molecule has 0 aliphatic heterocycles. The van der Waals surface area contributed by atoms with Crippen LogP contribution in [0.25, 0.3) is 0 Å². The number of hydrogen-bond acceptors (Lipinski definition) is 1. The molecule has 0 fully saturated rings. The van der Waals surface area contributed by atoms with Gasteiger partial charge in [-0.05, 0) is 56.4 Å². The van der Waals surface area contributed by atoms with Gasteiger partial charge in [-0.15, -0.1) is 0 Å². The van der Waals surface area contributed by atoms with Crippen LogP contribution in [-0.4, -0.2) is 16.9 Å². The van der Waals surface area contributed by atoms with Crippen molar-refractivity contribution in [3.63, 3.8) is 0 Å². The minimum atomic E-state index is -0.892. The second-order valence-electron chi connectivity index (χ2n) is 10.9. The third-order valence-corrected chi connectivity index (χ3v) is 6.26. The highest BCUT2D eigenvalue weighted by Gasteiger charge is 2.28. The summed E-state index contributed by atoms with van der Waals surface area (Å²) >= 11 is 0. The second kappa shape index (κ2) is 8.07. The van der Waals surface area contributed by atoms with Gasteiger partial charge in [-0.3, -0.25) is 0 Å². The van der Waals surface area contributed by atoms with Crippen LogP contribution in [0.2, 0.25) is 0 Å². The molecule has 1 N–H and O–H groups in total. The normalized spacial score (nSPS) is 13.1. The molecule has 0 aromatic heterocycles. The van der Waals surface area contributed by atoms with Crippen molar-refractivity contribution in [2.24, 2.45) is 0 Å². The van der Waals surface area contributed by atoms with Crippen LogP contribution in [0.15, 0.2) is 36.4 Å². The van der Waals surface area contributed by atoms with Gasteiger partial charge in [0, 0.05) is 5.30 Å². The Bertz CT molecular complexity index is 880. The molecule has 0 saturated carbocycles. The predicted octanol–water partition coefficient (Wildman–Crippen LogP) is 6.70. The highest BCUT2D eigenvalue weighted by Crippen LogP contribution is 2.35. The lowest BCUT2D eigenvalue weighted by Gasteiger charge is -2.32. The summed E-state index contributed by atoms with van der Waals surface area (Å²) in [6.45, 7) is 20.5. The molecule has 0 unspecified atom stereocenters. The van der Waals surface area contributed by atoms with Crippen LogP contribution in [0.3, 0.4) is 0 Å². The standard InChI is InChI=1S/C26H35O2P/c1-24(2,3)19-14-20(25(4,5)6)22(21(15-19)26(7,8)9)29-16-17-10-12-18(13-11-17)23(27)28/h10-16H,1-9H3,(H,27,28). The summed E-state index contributed by atoms with van der Waals surface area (Å²) < 4.78 is 0. The summed E-state index contributed by atoms with van der Waals surface area (Å²) in [6, 6.07) is 11.9. The minimum absolute atomic E-state index is 0.0323. The predicted molar refractivity (Wildman–Crippen MR) is 128 cm³/mol. The van der Waals surface area contributed by atoms with Crippen molar-refractivity contribution in [1.29, 1.82) is 0 Å². The van der Waals surface area contributed by atoms with E-state index in [1.165, 1.54) is 22.0 Å². The molecule has 0 heterocycles. The third kappa shape index (κ3) is 5.80. The van der Waals surface area contributed by atoms with Crippen molar-refractivity contribution in [3.8, 4) is 0 Å². The topological polar surface area (TPSA) is 37.3 Å². The van der Waals surface area contributed by atoms with E-state index in [9.17, 15) is 4.79 Å². The molecule has 0 saturated heterocycles. The van der Waals surface area contributed by atoms with Crippen LogP contribution in [0, 0.1) is 0 Å². The molecule has 0 aliphatic carbocycles. The fourth-order valence-electron chi connectivity index (χ4n) is 3.20. The first-order chi connectivity index (χ1) is 13.1. The molecular formula is C26H35O2P. The van der Waals surface area contributed by atoms with E-state index in [2.05, 4.69) is 80.2 Å². The van der Waals surface area contributed by atoms with E-state index >= 15 is 0 Å². The van der Waals surface area contributed by atoms with Crippen LogP contribution in [0.5, 0.6) is 0 Å². The molecule has 0 atom stereocenters. The Kier molecular flexibility index (Phi) is 6.50. The smallest absolute Gasteiger partial charge is 0.335 e. The molecular weight excluding hydrogens is 375 g/mol. The van der Waals surface area contributed by atoms with Gasteiger partial charge in [0.1, 0.15) is 0 Å². The van der Waals surface area contributed by atoms with Crippen molar-refractivity contribution in [3.05, 3.63) is 64.2 Å². The number of carboxylic acid groups (broad SMARTS) is 1. The number of benzene rings is 2. The van der Waals surface area contributed by atoms with Crippen LogP contribution in [0.4, 0.5) is 0 Å². The number of aromatic carboxylic acids is 1. The lowest BCUT2D eigenvalue weighted by Crippen LogP contribution is -2.29. The van der Waals surface area contributed by atoms with Gasteiger partial charge in [0.15, 0.2) is 0 Å². The highest BCUT2D eigenvalue weighted by molar-refractivity contribution is 7.48. The van der Waals surface area contributed by atoms with E-state index in [0.717, 1.165) is 13.8 Å². The van der Waals surface area contributed by atoms with E-state index in [1.807, 2.05) is 12.1 Å². The molecule has 3 heteroatoms. The molecule has 2 aromatic rings. The Morgan fingerprint density at radius 2 is 1.24 bits per heavy atom. The molecule has 2 nitrogen and oxygen atoms in total. The van der Waals surface area contributed by atoms with Gasteiger partial charge in [-0.2, -0.15) is 0 Å². The van der Waals surface area contributed by atoms with Crippen molar-refractivity contribution in [2.75, 3.05) is 0 Å². The van der Waals surface area contributed by atoms with E-state index in [-0.39, 0.29) is 16.2 Å². The van der Waals surface area contributed by atoms with Crippen LogP contribution >= 0.6 is 8.20 Å². The molecule has 0 radical (unpaired) electrons. The molecule has 0 bridgehead atoms. The summed E-state index contributed by atoms with van der Waals surface area (Å²) in [7, 11) is 1.13. The average Bonchev–Trinajstić information content (AvgIpc) is 2.57. The molecule has 0 spiro atoms. The first-order valence-corrected chi connectivity index (χ1v) is 11.1. The van der Waals surface area contributed by atoms with Crippen molar-refractivity contribution < 1.29 is 9.90 Å². The fourth-order valence-corrected chi connectivity index (χ4v) is 4.73. The summed E-state index contributed by atoms with van der Waals surface area (Å²) in [5, 5.41) is 10.5. The van der Waals surface area contributed by atoms with Gasteiger partial charge in [-0.1, -0.05) is 94.8 Å². The summed E-state index contributed by atoms with van der Waals surface area (Å²) in [6.07, 6.45) is 0. The Morgan fingerprint density at radius 1 is 0.793 bits per heavy atom. The zero-order valence-corrected chi connectivity index (χ0v) is 20.2. The molecule has 2 aromatic carbocycles. The largest absolute Gasteiger partial charge is 0.478 e. The van der Waals surface area contributed by atoms with Gasteiger partial charge in [0.2, 0.25) is 0 Å². The van der Waals surface area contributed by atoms with Gasteiger partial charge in [0.25, 0.3) is 0 Å². The van der Waals surface area contributed by atoms with E-state index < -0.39 is 5.97 Å². The monoisotopic (exact) mass is 410 g/mol. The molecule has 0 aliphatic rings. The zero-order valence-electron chi connectivity index (χ0n) is 19.3. The van der Waals surface area contributed by atoms with Gasteiger partial charge < -0.3 is 5.11 Å². The fraction of sp³-hybridized carbons (Fsp3) is 0.462. The quantitative estimate of drug-likeness (QED) is 0.572. The highest BCUT2D eigenvalue weighted by atomic mass is 31.1.